The van der Waals surface area contributed by atoms with Gasteiger partial charge in [0.2, 0.25) is 11.7 Å². The highest BCUT2D eigenvalue weighted by Crippen LogP contribution is 2.10. The largest absolute Gasteiger partial charge is 0.492 e. The van der Waals surface area contributed by atoms with E-state index < -0.39 is 22.9 Å². The molecule has 2 N–H and O–H groups in total. The van der Waals surface area contributed by atoms with E-state index in [-0.39, 0.29) is 6.54 Å². The first-order valence-electron chi connectivity index (χ1n) is 6.03. The maximum atomic E-state index is 13.1. The summed E-state index contributed by atoms with van der Waals surface area (Å²) < 4.78 is 14.0. The van der Waals surface area contributed by atoms with Gasteiger partial charge in [-0.2, -0.15) is 4.39 Å². The molecule has 6 nitrogen and oxygen atoms in total. The van der Waals surface area contributed by atoms with Crippen molar-refractivity contribution >= 4 is 0 Å². The van der Waals surface area contributed by atoms with Crippen molar-refractivity contribution in [2.75, 3.05) is 19.6 Å². The highest BCUT2D eigenvalue weighted by molar-refractivity contribution is 5.09. The predicted octanol–water partition coefficient (Wildman–Crippen LogP) is -0.133. The van der Waals surface area contributed by atoms with Gasteiger partial charge in [0, 0.05) is 6.54 Å². The minimum atomic E-state index is -1.31. The van der Waals surface area contributed by atoms with Crippen molar-refractivity contribution < 1.29 is 9.50 Å². The highest BCUT2D eigenvalue weighted by atomic mass is 19.1. The molecule has 0 aliphatic carbocycles. The molecule has 100 valence electrons. The molecule has 1 aromatic heterocycles. The molecule has 1 aliphatic rings. The number of rotatable bonds is 4. The molecule has 1 fully saturated rings. The van der Waals surface area contributed by atoms with Crippen LogP contribution in [0.2, 0.25) is 0 Å². The number of H-pyrrole nitrogens is 1. The second-order valence-corrected chi connectivity index (χ2v) is 4.45. The van der Waals surface area contributed by atoms with Crippen LogP contribution in [0.15, 0.2) is 9.59 Å². The molecule has 2 rings (SSSR count). The Hall–Kier alpha value is -1.63. The fourth-order valence-corrected chi connectivity index (χ4v) is 2.20. The molecule has 0 saturated carbocycles. The quantitative estimate of drug-likeness (QED) is 0.787. The van der Waals surface area contributed by atoms with Crippen LogP contribution in [-0.4, -0.2) is 39.2 Å². The van der Waals surface area contributed by atoms with Gasteiger partial charge >= 0.3 is 5.69 Å². The first kappa shape index (κ1) is 12.8. The van der Waals surface area contributed by atoms with E-state index in [0.717, 1.165) is 24.2 Å². The number of halogens is 1. The molecule has 7 heteroatoms. The third kappa shape index (κ3) is 2.61. The monoisotopic (exact) mass is 257 g/mol. The SMILES string of the molecule is O=c1[nH]c(=O)n(CCCN2CCCC2)c(O)c1F. The van der Waals surface area contributed by atoms with Crippen molar-refractivity contribution in [1.82, 2.24) is 14.5 Å². The maximum absolute atomic E-state index is 13.1. The van der Waals surface area contributed by atoms with Crippen LogP contribution in [-0.2, 0) is 6.54 Å². The van der Waals surface area contributed by atoms with E-state index >= 15 is 0 Å². The zero-order valence-corrected chi connectivity index (χ0v) is 9.99. The molecule has 0 amide bonds. The first-order valence-corrected chi connectivity index (χ1v) is 6.03. The van der Waals surface area contributed by atoms with E-state index in [2.05, 4.69) is 4.90 Å². The minimum absolute atomic E-state index is 0.189. The summed E-state index contributed by atoms with van der Waals surface area (Å²) in [7, 11) is 0. The van der Waals surface area contributed by atoms with E-state index in [4.69, 9.17) is 0 Å². The Morgan fingerprint density at radius 3 is 2.56 bits per heavy atom. The lowest BCUT2D eigenvalue weighted by Crippen LogP contribution is -2.32. The fraction of sp³-hybridized carbons (Fsp3) is 0.636. The molecule has 2 heterocycles. The summed E-state index contributed by atoms with van der Waals surface area (Å²) in [6, 6.07) is 0. The topological polar surface area (TPSA) is 78.3 Å². The molecular weight excluding hydrogens is 241 g/mol. The fourth-order valence-electron chi connectivity index (χ4n) is 2.20. The standard InChI is InChI=1S/C11H16FN3O3/c12-8-9(16)13-11(18)15(10(8)17)7-3-6-14-4-1-2-5-14/h17H,1-7H2,(H,13,16,18). The van der Waals surface area contributed by atoms with Gasteiger partial charge in [0.05, 0.1) is 0 Å². The number of aromatic amines is 1. The Labute approximate surface area is 103 Å². The van der Waals surface area contributed by atoms with Crippen LogP contribution in [0, 0.1) is 5.82 Å². The number of hydrogen-bond acceptors (Lipinski definition) is 4. The van der Waals surface area contributed by atoms with E-state index in [9.17, 15) is 19.1 Å². The minimum Gasteiger partial charge on any atom is -0.492 e. The van der Waals surface area contributed by atoms with Gasteiger partial charge < -0.3 is 10.0 Å². The summed E-state index contributed by atoms with van der Waals surface area (Å²) >= 11 is 0. The second-order valence-electron chi connectivity index (χ2n) is 4.45. The summed E-state index contributed by atoms with van der Waals surface area (Å²) in [6.07, 6.45) is 2.98. The number of aromatic nitrogens is 2. The Bertz CT molecular complexity index is 531. The van der Waals surface area contributed by atoms with Gasteiger partial charge in [-0.1, -0.05) is 0 Å². The molecule has 1 aliphatic heterocycles. The Kier molecular flexibility index (Phi) is 3.81. The lowest BCUT2D eigenvalue weighted by molar-refractivity contribution is 0.309. The third-order valence-corrected chi connectivity index (χ3v) is 3.17. The second kappa shape index (κ2) is 5.34. The Morgan fingerprint density at radius 1 is 1.22 bits per heavy atom. The number of nitrogens with one attached hydrogen (secondary N) is 1. The molecule has 18 heavy (non-hydrogen) atoms. The lowest BCUT2D eigenvalue weighted by Gasteiger charge is -2.15. The first-order chi connectivity index (χ1) is 8.59. The Balaban J connectivity index is 2.03. The third-order valence-electron chi connectivity index (χ3n) is 3.17. The van der Waals surface area contributed by atoms with Crippen LogP contribution < -0.4 is 11.2 Å². The van der Waals surface area contributed by atoms with Gasteiger partial charge in [-0.25, -0.2) is 4.79 Å². The van der Waals surface area contributed by atoms with Crippen molar-refractivity contribution in [2.24, 2.45) is 0 Å². The van der Waals surface area contributed by atoms with E-state index in [1.807, 2.05) is 4.98 Å². The van der Waals surface area contributed by atoms with Gasteiger partial charge in [0.15, 0.2) is 0 Å². The van der Waals surface area contributed by atoms with Crippen LogP contribution in [0.5, 0.6) is 5.88 Å². The zero-order chi connectivity index (χ0) is 13.1. The van der Waals surface area contributed by atoms with Gasteiger partial charge in [-0.05, 0) is 38.9 Å². The smallest absolute Gasteiger partial charge is 0.331 e. The molecular formula is C11H16FN3O3. The van der Waals surface area contributed by atoms with E-state index in [1.165, 1.54) is 12.8 Å². The normalized spacial score (nSPS) is 16.3. The molecule has 0 aromatic carbocycles. The molecule has 0 radical (unpaired) electrons. The summed E-state index contributed by atoms with van der Waals surface area (Å²) in [5.41, 5.74) is -1.96. The zero-order valence-electron chi connectivity index (χ0n) is 9.99. The number of nitrogens with zero attached hydrogens (tertiary/aromatic N) is 2. The van der Waals surface area contributed by atoms with Crippen molar-refractivity contribution in [1.29, 1.82) is 0 Å². The van der Waals surface area contributed by atoms with Gasteiger partial charge in [0.1, 0.15) is 0 Å². The average molecular weight is 257 g/mol. The van der Waals surface area contributed by atoms with Gasteiger partial charge in [0.25, 0.3) is 5.56 Å². The van der Waals surface area contributed by atoms with Crippen molar-refractivity contribution in [3.63, 3.8) is 0 Å². The van der Waals surface area contributed by atoms with Crippen molar-refractivity contribution in [3.8, 4) is 5.88 Å². The molecule has 0 spiro atoms. The van der Waals surface area contributed by atoms with Crippen LogP contribution in [0.25, 0.3) is 0 Å². The van der Waals surface area contributed by atoms with E-state index in [0.29, 0.717) is 6.42 Å². The number of likely N-dealkylation sites (tertiary alicyclic amines) is 1. The van der Waals surface area contributed by atoms with Gasteiger partial charge in [-0.3, -0.25) is 14.3 Å². The average Bonchev–Trinajstić information content (AvgIpc) is 2.84. The highest BCUT2D eigenvalue weighted by Gasteiger charge is 2.14. The van der Waals surface area contributed by atoms with Crippen LogP contribution >= 0.6 is 0 Å². The Morgan fingerprint density at radius 2 is 1.89 bits per heavy atom. The van der Waals surface area contributed by atoms with Crippen molar-refractivity contribution in [2.45, 2.75) is 25.8 Å². The van der Waals surface area contributed by atoms with E-state index in [1.54, 1.807) is 0 Å². The summed E-state index contributed by atoms with van der Waals surface area (Å²) in [6.45, 7) is 3.07. The van der Waals surface area contributed by atoms with Crippen LogP contribution in [0.4, 0.5) is 4.39 Å². The number of hydrogen-bond donors (Lipinski definition) is 2. The predicted molar refractivity (Wildman–Crippen MR) is 63.2 cm³/mol. The molecule has 1 saturated heterocycles. The molecule has 0 bridgehead atoms. The maximum Gasteiger partial charge on any atom is 0.331 e. The molecule has 0 atom stereocenters. The summed E-state index contributed by atoms with van der Waals surface area (Å²) in [5, 5.41) is 9.41. The number of aromatic hydroxyl groups is 1. The van der Waals surface area contributed by atoms with Crippen LogP contribution in [0.1, 0.15) is 19.3 Å². The molecule has 1 aromatic rings. The van der Waals surface area contributed by atoms with Crippen molar-refractivity contribution in [3.05, 3.63) is 26.7 Å². The van der Waals surface area contributed by atoms with Crippen LogP contribution in [0.3, 0.4) is 0 Å². The lowest BCUT2D eigenvalue weighted by atomic mass is 10.4. The summed E-state index contributed by atoms with van der Waals surface area (Å²) in [4.78, 5) is 26.4. The van der Waals surface area contributed by atoms with Gasteiger partial charge in [-0.15, -0.1) is 0 Å². The molecule has 0 unspecified atom stereocenters. The summed E-state index contributed by atoms with van der Waals surface area (Å²) in [5.74, 6) is -2.19.